The van der Waals surface area contributed by atoms with Crippen LogP contribution in [0.1, 0.15) is 24.8 Å². The minimum absolute atomic E-state index is 0.0579. The van der Waals surface area contributed by atoms with E-state index in [2.05, 4.69) is 59.9 Å². The van der Waals surface area contributed by atoms with Gasteiger partial charge in [0, 0.05) is 23.9 Å². The van der Waals surface area contributed by atoms with E-state index in [0.717, 1.165) is 51.6 Å². The molecule has 0 aliphatic carbocycles. The molecule has 2 aliphatic heterocycles. The molecule has 2 atom stereocenters. The molecule has 2 saturated heterocycles. The molecule has 0 N–H and O–H groups in total. The van der Waals surface area contributed by atoms with Gasteiger partial charge in [0.1, 0.15) is 11.9 Å². The lowest BCUT2D eigenvalue weighted by molar-refractivity contribution is -0.0961. The Hall–Kier alpha value is 0.770. The molecular formula is C15H17Br3O2S. The molecule has 2 nitrogen and oxygen atoms in total. The molecule has 1 aromatic carbocycles. The Morgan fingerprint density at radius 2 is 2.10 bits per heavy atom. The highest BCUT2D eigenvalue weighted by molar-refractivity contribution is 9.11. The molecular weight excluding hydrogens is 484 g/mol. The lowest BCUT2D eigenvalue weighted by atomic mass is 9.91. The number of halogens is 3. The summed E-state index contributed by atoms with van der Waals surface area (Å²) in [7, 11) is 0. The summed E-state index contributed by atoms with van der Waals surface area (Å²) < 4.78 is 14.4. The Bertz CT molecular complexity index is 495. The molecule has 6 heteroatoms. The Morgan fingerprint density at radius 1 is 1.33 bits per heavy atom. The summed E-state index contributed by atoms with van der Waals surface area (Å²) in [5.41, 5.74) is 1.28. The number of benzene rings is 1. The molecule has 2 unspecified atom stereocenters. The Morgan fingerprint density at radius 3 is 2.71 bits per heavy atom. The molecule has 3 rings (SSSR count). The maximum absolute atomic E-state index is 6.30. The number of thioether (sulfide) groups is 1. The quantitative estimate of drug-likeness (QED) is 0.508. The predicted octanol–water partition coefficient (Wildman–Crippen LogP) is 5.54. The maximum atomic E-state index is 6.30. The molecule has 1 spiro atoms. The van der Waals surface area contributed by atoms with E-state index in [1.165, 1.54) is 11.3 Å². The number of alkyl halides is 1. The predicted molar refractivity (Wildman–Crippen MR) is 98.7 cm³/mol. The van der Waals surface area contributed by atoms with Gasteiger partial charge in [-0.15, -0.1) is 0 Å². The summed E-state index contributed by atoms with van der Waals surface area (Å²) in [6.07, 6.45) is 3.35. The second-order valence-electron chi connectivity index (χ2n) is 5.59. The first-order valence-electron chi connectivity index (χ1n) is 7.04. The molecule has 21 heavy (non-hydrogen) atoms. The average molecular weight is 501 g/mol. The molecule has 2 aliphatic rings. The van der Waals surface area contributed by atoms with Crippen molar-refractivity contribution in [1.82, 2.24) is 0 Å². The lowest BCUT2D eigenvalue weighted by Gasteiger charge is -2.37. The zero-order valence-electron chi connectivity index (χ0n) is 11.5. The highest BCUT2D eigenvalue weighted by atomic mass is 79.9. The van der Waals surface area contributed by atoms with Crippen molar-refractivity contribution in [3.05, 3.63) is 26.6 Å². The molecule has 0 bridgehead atoms. The second-order valence-corrected chi connectivity index (χ2v) is 8.96. The Kier molecular flexibility index (Phi) is 5.63. The van der Waals surface area contributed by atoms with Crippen LogP contribution in [0.2, 0.25) is 0 Å². The van der Waals surface area contributed by atoms with Crippen molar-refractivity contribution in [2.75, 3.05) is 18.1 Å². The summed E-state index contributed by atoms with van der Waals surface area (Å²) >= 11 is 12.7. The minimum Gasteiger partial charge on any atom is -0.488 e. The van der Waals surface area contributed by atoms with Gasteiger partial charge in [0.15, 0.2) is 0 Å². The van der Waals surface area contributed by atoms with Gasteiger partial charge < -0.3 is 9.47 Å². The van der Waals surface area contributed by atoms with Crippen LogP contribution in [-0.4, -0.2) is 29.8 Å². The fraction of sp³-hybridized carbons (Fsp3) is 0.600. The lowest BCUT2D eigenvalue weighted by Crippen LogP contribution is -2.43. The van der Waals surface area contributed by atoms with E-state index in [0.29, 0.717) is 0 Å². The summed E-state index contributed by atoms with van der Waals surface area (Å²) in [5.74, 6) is 3.23. The van der Waals surface area contributed by atoms with Crippen molar-refractivity contribution in [2.24, 2.45) is 0 Å². The standard InChI is InChI=1S/C15H17Br3O2S/c16-8-10-5-12(17)14(13(18)6-10)20-11-1-3-19-15(7-11)2-4-21-9-15/h5-6,11H,1-4,7-9H2. The SMILES string of the molecule is BrCc1cc(Br)c(OC2CCOC3(CCSC3)C2)c(Br)c1. The van der Waals surface area contributed by atoms with E-state index in [4.69, 9.17) is 9.47 Å². The molecule has 0 aromatic heterocycles. The van der Waals surface area contributed by atoms with Crippen molar-refractivity contribution in [1.29, 1.82) is 0 Å². The number of hydrogen-bond acceptors (Lipinski definition) is 3. The van der Waals surface area contributed by atoms with Crippen LogP contribution >= 0.6 is 59.6 Å². The van der Waals surface area contributed by atoms with Crippen molar-refractivity contribution < 1.29 is 9.47 Å². The highest BCUT2D eigenvalue weighted by Crippen LogP contribution is 2.42. The van der Waals surface area contributed by atoms with Gasteiger partial charge in [0.2, 0.25) is 0 Å². The third-order valence-electron chi connectivity index (χ3n) is 4.01. The van der Waals surface area contributed by atoms with Gasteiger partial charge in [-0.1, -0.05) is 15.9 Å². The minimum atomic E-state index is 0.0579. The van der Waals surface area contributed by atoms with Crippen molar-refractivity contribution >= 4 is 59.6 Å². The first-order valence-corrected chi connectivity index (χ1v) is 10.9. The normalized spacial score (nSPS) is 29.0. The van der Waals surface area contributed by atoms with E-state index in [1.54, 1.807) is 0 Å². The number of ether oxygens (including phenoxy) is 2. The van der Waals surface area contributed by atoms with Gasteiger partial charge in [0.05, 0.1) is 21.2 Å². The third kappa shape index (κ3) is 3.82. The summed E-state index contributed by atoms with van der Waals surface area (Å²) in [6, 6.07) is 4.21. The monoisotopic (exact) mass is 498 g/mol. The molecule has 116 valence electrons. The van der Waals surface area contributed by atoms with E-state index >= 15 is 0 Å². The van der Waals surface area contributed by atoms with Gasteiger partial charge in [0.25, 0.3) is 0 Å². The Balaban J connectivity index is 1.74. The smallest absolute Gasteiger partial charge is 0.148 e. The van der Waals surface area contributed by atoms with E-state index < -0.39 is 0 Å². The highest BCUT2D eigenvalue weighted by Gasteiger charge is 2.41. The third-order valence-corrected chi connectivity index (χ3v) is 7.06. The van der Waals surface area contributed by atoms with Crippen LogP contribution in [0.5, 0.6) is 5.75 Å². The molecule has 0 radical (unpaired) electrons. The van der Waals surface area contributed by atoms with E-state index in [9.17, 15) is 0 Å². The van der Waals surface area contributed by atoms with Gasteiger partial charge >= 0.3 is 0 Å². The Labute approximate surface area is 155 Å². The molecule has 2 heterocycles. The molecule has 2 fully saturated rings. The molecule has 0 amide bonds. The van der Waals surface area contributed by atoms with Crippen molar-refractivity contribution in [3.63, 3.8) is 0 Å². The fourth-order valence-electron chi connectivity index (χ4n) is 2.92. The van der Waals surface area contributed by atoms with Crippen LogP contribution in [-0.2, 0) is 10.1 Å². The molecule has 0 saturated carbocycles. The summed E-state index contributed by atoms with van der Waals surface area (Å²) in [6.45, 7) is 0.806. The first-order chi connectivity index (χ1) is 10.1. The van der Waals surface area contributed by atoms with Crippen molar-refractivity contribution in [2.45, 2.75) is 36.3 Å². The van der Waals surface area contributed by atoms with Gasteiger partial charge in [-0.05, 0) is 61.7 Å². The largest absolute Gasteiger partial charge is 0.488 e. The zero-order valence-corrected chi connectivity index (χ0v) is 17.1. The zero-order chi connectivity index (χ0) is 14.9. The van der Waals surface area contributed by atoms with Crippen LogP contribution in [0.25, 0.3) is 0 Å². The van der Waals surface area contributed by atoms with Crippen molar-refractivity contribution in [3.8, 4) is 5.75 Å². The summed E-state index contributed by atoms with van der Waals surface area (Å²) in [5, 5.41) is 0.835. The van der Waals surface area contributed by atoms with Gasteiger partial charge in [-0.3, -0.25) is 0 Å². The van der Waals surface area contributed by atoms with E-state index in [-0.39, 0.29) is 11.7 Å². The number of rotatable bonds is 3. The topological polar surface area (TPSA) is 18.5 Å². The van der Waals surface area contributed by atoms with E-state index in [1.807, 2.05) is 11.8 Å². The van der Waals surface area contributed by atoms with Crippen LogP contribution in [0.3, 0.4) is 0 Å². The van der Waals surface area contributed by atoms with Crippen LogP contribution in [0.4, 0.5) is 0 Å². The molecule has 1 aromatic rings. The number of hydrogen-bond donors (Lipinski definition) is 0. The first kappa shape index (κ1) is 16.6. The van der Waals surface area contributed by atoms with Gasteiger partial charge in [-0.25, -0.2) is 0 Å². The maximum Gasteiger partial charge on any atom is 0.148 e. The van der Waals surface area contributed by atoms with Crippen LogP contribution in [0, 0.1) is 0 Å². The second kappa shape index (κ2) is 7.12. The average Bonchev–Trinajstić information content (AvgIpc) is 2.90. The van der Waals surface area contributed by atoms with Gasteiger partial charge in [-0.2, -0.15) is 11.8 Å². The fourth-order valence-corrected chi connectivity index (χ4v) is 6.09. The van der Waals surface area contributed by atoms with Crippen LogP contribution in [0.15, 0.2) is 21.1 Å². The van der Waals surface area contributed by atoms with Crippen LogP contribution < -0.4 is 4.74 Å². The summed E-state index contributed by atoms with van der Waals surface area (Å²) in [4.78, 5) is 0.